The summed E-state index contributed by atoms with van der Waals surface area (Å²) in [7, 11) is 0. The van der Waals surface area contributed by atoms with Gasteiger partial charge in [-0.15, -0.1) is 0 Å². The monoisotopic (exact) mass is 410 g/mol. The first-order valence-electron chi connectivity index (χ1n) is 12.4. The van der Waals surface area contributed by atoms with Crippen molar-refractivity contribution in [3.8, 4) is 0 Å². The van der Waals surface area contributed by atoms with Crippen molar-refractivity contribution in [1.82, 2.24) is 0 Å². The van der Waals surface area contributed by atoms with Gasteiger partial charge in [0.15, 0.2) is 0 Å². The van der Waals surface area contributed by atoms with E-state index in [1.165, 1.54) is 38.5 Å². The minimum absolute atomic E-state index is 0.186. The van der Waals surface area contributed by atoms with Crippen molar-refractivity contribution in [2.75, 3.05) is 13.2 Å². The lowest BCUT2D eigenvalue weighted by molar-refractivity contribution is -0.163. The molecule has 1 fully saturated rings. The highest BCUT2D eigenvalue weighted by molar-refractivity contribution is 5.82. The van der Waals surface area contributed by atoms with Gasteiger partial charge < -0.3 is 9.47 Å². The zero-order chi connectivity index (χ0) is 21.3. The summed E-state index contributed by atoms with van der Waals surface area (Å²) in [6.45, 7) is 7.66. The van der Waals surface area contributed by atoms with E-state index in [0.717, 1.165) is 63.7 Å². The Morgan fingerprint density at radius 3 is 1.66 bits per heavy atom. The molecule has 4 nitrogen and oxygen atoms in total. The molecule has 0 aromatic rings. The van der Waals surface area contributed by atoms with Crippen molar-refractivity contribution in [2.45, 2.75) is 117 Å². The van der Waals surface area contributed by atoms with Crippen molar-refractivity contribution >= 4 is 11.9 Å². The first-order valence-corrected chi connectivity index (χ1v) is 12.4. The van der Waals surface area contributed by atoms with E-state index in [1.807, 2.05) is 0 Å². The number of unbranched alkanes of at least 4 members (excludes halogenated alkanes) is 8. The van der Waals surface area contributed by atoms with Crippen LogP contribution in [0.3, 0.4) is 0 Å². The molecule has 0 radical (unpaired) electrons. The molecule has 2 unspecified atom stereocenters. The Labute approximate surface area is 179 Å². The van der Waals surface area contributed by atoms with Gasteiger partial charge in [-0.05, 0) is 31.6 Å². The molecule has 29 heavy (non-hydrogen) atoms. The molecule has 0 aromatic carbocycles. The van der Waals surface area contributed by atoms with E-state index >= 15 is 0 Å². The number of rotatable bonds is 16. The molecule has 170 valence electrons. The summed E-state index contributed by atoms with van der Waals surface area (Å²) in [6.07, 6.45) is 16.5. The van der Waals surface area contributed by atoms with Crippen molar-refractivity contribution in [2.24, 2.45) is 17.8 Å². The van der Waals surface area contributed by atoms with Crippen molar-refractivity contribution in [3.63, 3.8) is 0 Å². The average Bonchev–Trinajstić information content (AvgIpc) is 2.72. The Hall–Kier alpha value is -1.06. The van der Waals surface area contributed by atoms with E-state index in [0.29, 0.717) is 13.2 Å². The number of hydrogen-bond acceptors (Lipinski definition) is 4. The van der Waals surface area contributed by atoms with Crippen LogP contribution in [0.2, 0.25) is 0 Å². The molecule has 0 aromatic heterocycles. The lowest BCUT2D eigenvalue weighted by atomic mass is 9.79. The molecule has 0 heterocycles. The highest BCUT2D eigenvalue weighted by atomic mass is 16.5. The van der Waals surface area contributed by atoms with E-state index in [9.17, 15) is 9.59 Å². The minimum Gasteiger partial charge on any atom is -0.465 e. The number of carbonyl (C=O) groups excluding carboxylic acids is 2. The number of hydrogen-bond donors (Lipinski definition) is 0. The van der Waals surface area contributed by atoms with Gasteiger partial charge in [0.2, 0.25) is 0 Å². The van der Waals surface area contributed by atoms with Crippen LogP contribution in [0.4, 0.5) is 0 Å². The average molecular weight is 411 g/mol. The first-order chi connectivity index (χ1) is 14.1. The predicted molar refractivity (Wildman–Crippen MR) is 119 cm³/mol. The van der Waals surface area contributed by atoms with Crippen LogP contribution in [0, 0.1) is 17.8 Å². The Morgan fingerprint density at radius 1 is 0.724 bits per heavy atom. The fourth-order valence-corrected chi connectivity index (χ4v) is 4.15. The summed E-state index contributed by atoms with van der Waals surface area (Å²) in [5.74, 6) is -0.169. The molecule has 0 spiro atoms. The second-order valence-corrected chi connectivity index (χ2v) is 9.20. The standard InChI is InChI=1S/C25H46O4/c1-4-5-14-19-28-24(26)22-17-12-13-18-23(22)25(27)29-20-15-10-8-6-7-9-11-16-21(2)3/h21-23H,4-20H2,1-3H3. The number of ether oxygens (including phenoxy) is 2. The Kier molecular flexibility index (Phi) is 15.0. The molecule has 1 saturated carbocycles. The normalized spacial score (nSPS) is 19.3. The summed E-state index contributed by atoms with van der Waals surface area (Å²) in [5.41, 5.74) is 0. The van der Waals surface area contributed by atoms with Crippen molar-refractivity contribution in [1.29, 1.82) is 0 Å². The van der Waals surface area contributed by atoms with Crippen LogP contribution < -0.4 is 0 Å². The Morgan fingerprint density at radius 2 is 1.17 bits per heavy atom. The topological polar surface area (TPSA) is 52.6 Å². The molecule has 4 heteroatoms. The third-order valence-corrected chi connectivity index (χ3v) is 6.03. The van der Waals surface area contributed by atoms with Gasteiger partial charge in [0.25, 0.3) is 0 Å². The number of carbonyl (C=O) groups is 2. The molecule has 1 aliphatic carbocycles. The molecule has 1 rings (SSSR count). The summed E-state index contributed by atoms with van der Waals surface area (Å²) < 4.78 is 11.0. The van der Waals surface area contributed by atoms with Gasteiger partial charge in [0.1, 0.15) is 0 Å². The van der Waals surface area contributed by atoms with Gasteiger partial charge in [-0.2, -0.15) is 0 Å². The van der Waals surface area contributed by atoms with Gasteiger partial charge in [-0.3, -0.25) is 9.59 Å². The zero-order valence-electron chi connectivity index (χ0n) is 19.4. The molecule has 0 N–H and O–H groups in total. The number of esters is 2. The van der Waals surface area contributed by atoms with E-state index in [4.69, 9.17) is 9.47 Å². The Bertz CT molecular complexity index is 433. The van der Waals surface area contributed by atoms with E-state index in [2.05, 4.69) is 20.8 Å². The molecular formula is C25H46O4. The summed E-state index contributed by atoms with van der Waals surface area (Å²) in [4.78, 5) is 24.9. The maximum Gasteiger partial charge on any atom is 0.309 e. The predicted octanol–water partition coefficient (Wildman–Crippen LogP) is 6.85. The SMILES string of the molecule is CCCCCOC(=O)C1CCCCC1C(=O)OCCCCCCCCCC(C)C. The van der Waals surface area contributed by atoms with Gasteiger partial charge in [-0.1, -0.05) is 91.4 Å². The van der Waals surface area contributed by atoms with E-state index in [1.54, 1.807) is 0 Å². The molecule has 0 bridgehead atoms. The fraction of sp³-hybridized carbons (Fsp3) is 0.920. The second kappa shape index (κ2) is 16.7. The maximum absolute atomic E-state index is 12.5. The minimum atomic E-state index is -0.302. The van der Waals surface area contributed by atoms with Gasteiger partial charge in [0, 0.05) is 0 Å². The van der Waals surface area contributed by atoms with Crippen LogP contribution in [-0.2, 0) is 19.1 Å². The molecule has 0 amide bonds. The van der Waals surface area contributed by atoms with E-state index < -0.39 is 0 Å². The third-order valence-electron chi connectivity index (χ3n) is 6.03. The van der Waals surface area contributed by atoms with Crippen LogP contribution in [0.25, 0.3) is 0 Å². The molecule has 0 aliphatic heterocycles. The van der Waals surface area contributed by atoms with E-state index in [-0.39, 0.29) is 23.8 Å². The van der Waals surface area contributed by atoms with Crippen LogP contribution in [0.15, 0.2) is 0 Å². The van der Waals surface area contributed by atoms with Crippen LogP contribution >= 0.6 is 0 Å². The third kappa shape index (κ3) is 12.3. The quantitative estimate of drug-likeness (QED) is 0.206. The smallest absolute Gasteiger partial charge is 0.309 e. The van der Waals surface area contributed by atoms with Gasteiger partial charge in [0.05, 0.1) is 25.0 Å². The van der Waals surface area contributed by atoms with Gasteiger partial charge >= 0.3 is 11.9 Å². The van der Waals surface area contributed by atoms with Crippen LogP contribution in [-0.4, -0.2) is 25.2 Å². The summed E-state index contributed by atoms with van der Waals surface area (Å²) >= 11 is 0. The molecular weight excluding hydrogens is 364 g/mol. The maximum atomic E-state index is 12.5. The zero-order valence-corrected chi connectivity index (χ0v) is 19.4. The molecule has 2 atom stereocenters. The van der Waals surface area contributed by atoms with Crippen molar-refractivity contribution < 1.29 is 19.1 Å². The lowest BCUT2D eigenvalue weighted by Gasteiger charge is -2.28. The summed E-state index contributed by atoms with van der Waals surface area (Å²) in [6, 6.07) is 0. The van der Waals surface area contributed by atoms with Gasteiger partial charge in [-0.25, -0.2) is 0 Å². The lowest BCUT2D eigenvalue weighted by Crippen LogP contribution is -2.35. The van der Waals surface area contributed by atoms with Crippen molar-refractivity contribution in [3.05, 3.63) is 0 Å². The Balaban J connectivity index is 2.15. The second-order valence-electron chi connectivity index (χ2n) is 9.20. The van der Waals surface area contributed by atoms with Crippen LogP contribution in [0.1, 0.15) is 117 Å². The molecule has 1 aliphatic rings. The highest BCUT2D eigenvalue weighted by Gasteiger charge is 2.37. The first kappa shape index (κ1) is 26.0. The van der Waals surface area contributed by atoms with Crippen LogP contribution in [0.5, 0.6) is 0 Å². The fourth-order valence-electron chi connectivity index (χ4n) is 4.15. The molecule has 0 saturated heterocycles. The largest absolute Gasteiger partial charge is 0.465 e. The summed E-state index contributed by atoms with van der Waals surface area (Å²) in [5, 5.41) is 0. The highest BCUT2D eigenvalue weighted by Crippen LogP contribution is 2.32.